The first-order chi connectivity index (χ1) is 13.7. The minimum Gasteiger partial charge on any atom is -0.444 e. The maximum atomic E-state index is 13.7. The van der Waals surface area contributed by atoms with Gasteiger partial charge in [-0.05, 0) is 56.5 Å². The van der Waals surface area contributed by atoms with Gasteiger partial charge in [0.15, 0.2) is 0 Å². The first-order valence-corrected chi connectivity index (χ1v) is 9.34. The molecule has 0 aliphatic carbocycles. The van der Waals surface area contributed by atoms with Crippen molar-refractivity contribution in [2.45, 2.75) is 39.3 Å². The zero-order valence-electron chi connectivity index (χ0n) is 16.7. The van der Waals surface area contributed by atoms with Crippen LogP contribution in [0.3, 0.4) is 0 Å². The number of hydrogen-bond donors (Lipinski definition) is 2. The van der Waals surface area contributed by atoms with E-state index >= 15 is 0 Å². The second-order valence-corrected chi connectivity index (χ2v) is 7.68. The van der Waals surface area contributed by atoms with Crippen LogP contribution in [0.2, 0.25) is 0 Å². The highest BCUT2D eigenvalue weighted by molar-refractivity contribution is 5.97. The molecule has 152 valence electrons. The summed E-state index contributed by atoms with van der Waals surface area (Å²) in [6.45, 7) is 5.70. The molecular formula is C22H24FN3O3. The first-order valence-electron chi connectivity index (χ1n) is 9.34. The van der Waals surface area contributed by atoms with E-state index in [2.05, 4.69) is 10.6 Å². The Balaban J connectivity index is 1.66. The van der Waals surface area contributed by atoms with E-state index in [1.807, 2.05) is 41.1 Å². The molecule has 2 aromatic carbocycles. The number of para-hydroxylation sites is 1. The Hall–Kier alpha value is -3.35. The summed E-state index contributed by atoms with van der Waals surface area (Å²) in [5.41, 5.74) is 0.810. The third kappa shape index (κ3) is 5.57. The molecule has 0 saturated heterocycles. The van der Waals surface area contributed by atoms with E-state index in [4.69, 9.17) is 4.74 Å². The number of nitrogens with zero attached hydrogens (tertiary/aromatic N) is 1. The zero-order chi connectivity index (χ0) is 21.0. The maximum Gasteiger partial charge on any atom is 0.412 e. The standard InChI is InChI=1S/C22H24FN3O3/c1-22(2,3)29-21(28)25-17-9-8-16(23)14-18(17)24-20(27)11-13-26-12-10-15-6-4-5-7-19(15)26/h4-10,12,14H,11,13H2,1-3H3,(H,24,27)(H,25,28). The number of rotatable bonds is 5. The fourth-order valence-electron chi connectivity index (χ4n) is 2.91. The van der Waals surface area contributed by atoms with Crippen molar-refractivity contribution in [1.82, 2.24) is 4.57 Å². The monoisotopic (exact) mass is 397 g/mol. The molecule has 1 heterocycles. The van der Waals surface area contributed by atoms with E-state index in [1.165, 1.54) is 12.1 Å². The molecule has 0 aliphatic rings. The lowest BCUT2D eigenvalue weighted by Gasteiger charge is -2.20. The van der Waals surface area contributed by atoms with Crippen LogP contribution in [0.4, 0.5) is 20.6 Å². The number of halogens is 1. The van der Waals surface area contributed by atoms with Gasteiger partial charge in [0.05, 0.1) is 11.4 Å². The number of aromatic nitrogens is 1. The predicted octanol–water partition coefficient (Wildman–Crippen LogP) is 5.16. The summed E-state index contributed by atoms with van der Waals surface area (Å²) >= 11 is 0. The number of fused-ring (bicyclic) bond motifs is 1. The lowest BCUT2D eigenvalue weighted by molar-refractivity contribution is -0.116. The smallest absolute Gasteiger partial charge is 0.412 e. The van der Waals surface area contributed by atoms with Crippen LogP contribution in [0.25, 0.3) is 10.9 Å². The number of nitrogens with one attached hydrogen (secondary N) is 2. The second-order valence-electron chi connectivity index (χ2n) is 7.68. The molecule has 2 N–H and O–H groups in total. The number of aryl methyl sites for hydroxylation is 1. The fraction of sp³-hybridized carbons (Fsp3) is 0.273. The normalized spacial score (nSPS) is 11.3. The fourth-order valence-corrected chi connectivity index (χ4v) is 2.91. The van der Waals surface area contributed by atoms with Gasteiger partial charge in [-0.1, -0.05) is 18.2 Å². The Morgan fingerprint density at radius 2 is 1.79 bits per heavy atom. The van der Waals surface area contributed by atoms with Gasteiger partial charge in [-0.15, -0.1) is 0 Å². The SMILES string of the molecule is CC(C)(C)OC(=O)Nc1ccc(F)cc1NC(=O)CCn1ccc2ccccc21. The average molecular weight is 397 g/mol. The van der Waals surface area contributed by atoms with Crippen LogP contribution in [-0.2, 0) is 16.1 Å². The van der Waals surface area contributed by atoms with Crippen LogP contribution in [0.15, 0.2) is 54.7 Å². The molecular weight excluding hydrogens is 373 g/mol. The van der Waals surface area contributed by atoms with Gasteiger partial charge in [0.25, 0.3) is 0 Å². The number of carbonyl (C=O) groups is 2. The van der Waals surface area contributed by atoms with Crippen LogP contribution in [0.5, 0.6) is 0 Å². The molecule has 0 atom stereocenters. The van der Waals surface area contributed by atoms with Crippen molar-refractivity contribution in [3.05, 3.63) is 60.5 Å². The summed E-state index contributed by atoms with van der Waals surface area (Å²) in [7, 11) is 0. The van der Waals surface area contributed by atoms with Crippen molar-refractivity contribution in [2.75, 3.05) is 10.6 Å². The first kappa shape index (κ1) is 20.4. The highest BCUT2D eigenvalue weighted by Gasteiger charge is 2.18. The van der Waals surface area contributed by atoms with E-state index in [9.17, 15) is 14.0 Å². The van der Waals surface area contributed by atoms with Gasteiger partial charge in [0.1, 0.15) is 11.4 Å². The Bertz CT molecular complexity index is 1040. The Kier molecular flexibility index (Phi) is 5.87. The van der Waals surface area contributed by atoms with Crippen LogP contribution in [-0.4, -0.2) is 22.2 Å². The molecule has 6 nitrogen and oxygen atoms in total. The van der Waals surface area contributed by atoms with Crippen molar-refractivity contribution in [1.29, 1.82) is 0 Å². The van der Waals surface area contributed by atoms with E-state index in [0.29, 0.717) is 6.54 Å². The second kappa shape index (κ2) is 8.34. The van der Waals surface area contributed by atoms with Gasteiger partial charge in [-0.3, -0.25) is 10.1 Å². The summed E-state index contributed by atoms with van der Waals surface area (Å²) < 4.78 is 20.9. The lowest BCUT2D eigenvalue weighted by Crippen LogP contribution is -2.27. The molecule has 0 aliphatic heterocycles. The van der Waals surface area contributed by atoms with Gasteiger partial charge in [0, 0.05) is 24.7 Å². The number of benzene rings is 2. The van der Waals surface area contributed by atoms with Crippen molar-refractivity contribution >= 4 is 34.3 Å². The number of anilines is 2. The molecule has 29 heavy (non-hydrogen) atoms. The predicted molar refractivity (Wildman–Crippen MR) is 111 cm³/mol. The van der Waals surface area contributed by atoms with Crippen molar-refractivity contribution in [3.63, 3.8) is 0 Å². The molecule has 0 spiro atoms. The minimum atomic E-state index is -0.682. The highest BCUT2D eigenvalue weighted by Crippen LogP contribution is 2.24. The Morgan fingerprint density at radius 1 is 1.03 bits per heavy atom. The lowest BCUT2D eigenvalue weighted by atomic mass is 10.2. The van der Waals surface area contributed by atoms with E-state index in [0.717, 1.165) is 17.0 Å². The molecule has 7 heteroatoms. The van der Waals surface area contributed by atoms with E-state index < -0.39 is 17.5 Å². The largest absolute Gasteiger partial charge is 0.444 e. The third-order valence-electron chi connectivity index (χ3n) is 4.15. The molecule has 0 unspecified atom stereocenters. The van der Waals surface area contributed by atoms with E-state index in [1.54, 1.807) is 20.8 Å². The van der Waals surface area contributed by atoms with Crippen LogP contribution in [0, 0.1) is 5.82 Å². The number of hydrogen-bond acceptors (Lipinski definition) is 3. The highest BCUT2D eigenvalue weighted by atomic mass is 19.1. The minimum absolute atomic E-state index is 0.179. The van der Waals surface area contributed by atoms with E-state index in [-0.39, 0.29) is 23.7 Å². The number of ether oxygens (including phenoxy) is 1. The average Bonchev–Trinajstić information content (AvgIpc) is 3.04. The summed E-state index contributed by atoms with van der Waals surface area (Å²) in [5.74, 6) is -0.813. The quantitative estimate of drug-likeness (QED) is 0.625. The number of amides is 2. The van der Waals surface area contributed by atoms with Crippen molar-refractivity contribution in [2.24, 2.45) is 0 Å². The molecule has 1 aromatic heterocycles. The van der Waals surface area contributed by atoms with Gasteiger partial charge in [-0.2, -0.15) is 0 Å². The molecule has 3 rings (SSSR count). The maximum absolute atomic E-state index is 13.7. The molecule has 3 aromatic rings. The van der Waals surface area contributed by atoms with Crippen molar-refractivity contribution in [3.8, 4) is 0 Å². The van der Waals surface area contributed by atoms with Gasteiger partial charge >= 0.3 is 6.09 Å². The topological polar surface area (TPSA) is 72.4 Å². The molecule has 2 amide bonds. The molecule has 0 bridgehead atoms. The molecule has 0 fully saturated rings. The van der Waals surface area contributed by atoms with Gasteiger partial charge < -0.3 is 14.6 Å². The number of carbonyl (C=O) groups excluding carboxylic acids is 2. The van der Waals surface area contributed by atoms with Crippen LogP contribution >= 0.6 is 0 Å². The zero-order valence-corrected chi connectivity index (χ0v) is 16.7. The van der Waals surface area contributed by atoms with Crippen LogP contribution in [0.1, 0.15) is 27.2 Å². The van der Waals surface area contributed by atoms with Crippen LogP contribution < -0.4 is 10.6 Å². The van der Waals surface area contributed by atoms with Crippen molar-refractivity contribution < 1.29 is 18.7 Å². The summed E-state index contributed by atoms with van der Waals surface area (Å²) in [4.78, 5) is 24.4. The summed E-state index contributed by atoms with van der Waals surface area (Å²) in [5, 5.41) is 6.31. The molecule has 0 radical (unpaired) electrons. The van der Waals surface area contributed by atoms with Gasteiger partial charge in [0.2, 0.25) is 5.91 Å². The third-order valence-corrected chi connectivity index (χ3v) is 4.15. The van der Waals surface area contributed by atoms with Gasteiger partial charge in [-0.25, -0.2) is 9.18 Å². The molecule has 0 saturated carbocycles. The Morgan fingerprint density at radius 3 is 2.55 bits per heavy atom. The summed E-state index contributed by atoms with van der Waals surface area (Å²) in [6.07, 6.45) is 1.44. The Labute approximate surface area is 168 Å². The summed E-state index contributed by atoms with van der Waals surface area (Å²) in [6, 6.07) is 13.6.